The minimum atomic E-state index is 0.00111. The molecule has 3 heterocycles. The standard InChI is InChI=1S/C19H24N4O4/c1-25-16-10-13-9-14-18(21-15(13)11-17(16)26-2)20-12-23(19(14)24)4-3-22-5-7-27-8-6-22/h10-12,21H,3-9H2,1-2H3. The fraction of sp³-hybridized carbons (Fsp3) is 0.474. The first-order valence-electron chi connectivity index (χ1n) is 9.10. The molecule has 1 saturated heterocycles. The number of nitrogens with zero attached hydrogens (tertiary/aromatic N) is 3. The van der Waals surface area contributed by atoms with Crippen molar-refractivity contribution >= 4 is 11.5 Å². The molecule has 0 radical (unpaired) electrons. The number of anilines is 2. The first kappa shape index (κ1) is 17.8. The monoisotopic (exact) mass is 372 g/mol. The van der Waals surface area contributed by atoms with Crippen molar-refractivity contribution in [2.45, 2.75) is 13.0 Å². The van der Waals surface area contributed by atoms with Crippen LogP contribution in [-0.2, 0) is 17.7 Å². The van der Waals surface area contributed by atoms with Crippen molar-refractivity contribution in [3.05, 3.63) is 39.9 Å². The van der Waals surface area contributed by atoms with Gasteiger partial charge >= 0.3 is 0 Å². The van der Waals surface area contributed by atoms with Crippen molar-refractivity contribution in [3.8, 4) is 11.5 Å². The molecule has 1 N–H and O–H groups in total. The van der Waals surface area contributed by atoms with E-state index in [-0.39, 0.29) is 5.56 Å². The van der Waals surface area contributed by atoms with Gasteiger partial charge in [-0.05, 0) is 11.6 Å². The summed E-state index contributed by atoms with van der Waals surface area (Å²) in [5.41, 5.74) is 2.56. The molecule has 8 nitrogen and oxygen atoms in total. The number of hydrogen-bond donors (Lipinski definition) is 1. The minimum absolute atomic E-state index is 0.00111. The molecular weight excluding hydrogens is 348 g/mol. The van der Waals surface area contributed by atoms with Crippen LogP contribution in [0.2, 0.25) is 0 Å². The number of aromatic nitrogens is 2. The Hall–Kier alpha value is -2.58. The van der Waals surface area contributed by atoms with Crippen LogP contribution < -0.4 is 20.3 Å². The highest BCUT2D eigenvalue weighted by molar-refractivity contribution is 5.71. The van der Waals surface area contributed by atoms with Gasteiger partial charge in [-0.2, -0.15) is 0 Å². The SMILES string of the molecule is COc1cc2c(cc1OC)Nc1ncn(CCN3CCOCC3)c(=O)c1C2. The molecule has 0 amide bonds. The van der Waals surface area contributed by atoms with E-state index in [0.717, 1.165) is 44.1 Å². The molecule has 0 atom stereocenters. The van der Waals surface area contributed by atoms with E-state index < -0.39 is 0 Å². The van der Waals surface area contributed by atoms with Crippen LogP contribution >= 0.6 is 0 Å². The van der Waals surface area contributed by atoms with Crippen LogP contribution in [0.5, 0.6) is 11.5 Å². The highest BCUT2D eigenvalue weighted by Gasteiger charge is 2.22. The highest BCUT2D eigenvalue weighted by Crippen LogP contribution is 2.38. The largest absolute Gasteiger partial charge is 0.493 e. The molecule has 0 aliphatic carbocycles. The normalized spacial score (nSPS) is 16.2. The van der Waals surface area contributed by atoms with Crippen molar-refractivity contribution < 1.29 is 14.2 Å². The number of fused-ring (bicyclic) bond motifs is 2. The zero-order chi connectivity index (χ0) is 18.8. The van der Waals surface area contributed by atoms with E-state index in [2.05, 4.69) is 15.2 Å². The molecule has 1 aromatic carbocycles. The predicted molar refractivity (Wildman–Crippen MR) is 101 cm³/mol. The molecule has 27 heavy (non-hydrogen) atoms. The van der Waals surface area contributed by atoms with Gasteiger partial charge in [-0.15, -0.1) is 0 Å². The summed E-state index contributed by atoms with van der Waals surface area (Å²) in [6, 6.07) is 3.79. The van der Waals surface area contributed by atoms with E-state index in [0.29, 0.717) is 35.8 Å². The Morgan fingerprint density at radius 3 is 2.63 bits per heavy atom. The average molecular weight is 372 g/mol. The fourth-order valence-electron chi connectivity index (χ4n) is 3.53. The molecule has 2 aromatic rings. The first-order chi connectivity index (χ1) is 13.2. The topological polar surface area (TPSA) is 77.8 Å². The van der Waals surface area contributed by atoms with Gasteiger partial charge in [-0.25, -0.2) is 4.98 Å². The zero-order valence-corrected chi connectivity index (χ0v) is 15.7. The van der Waals surface area contributed by atoms with Crippen LogP contribution in [0.15, 0.2) is 23.3 Å². The van der Waals surface area contributed by atoms with Gasteiger partial charge in [0.2, 0.25) is 0 Å². The first-order valence-corrected chi connectivity index (χ1v) is 9.10. The van der Waals surface area contributed by atoms with Crippen LogP contribution in [0.4, 0.5) is 11.5 Å². The Kier molecular flexibility index (Phi) is 5.00. The third-order valence-corrected chi connectivity index (χ3v) is 5.12. The maximum absolute atomic E-state index is 13.0. The van der Waals surface area contributed by atoms with Crippen LogP contribution in [0.3, 0.4) is 0 Å². The lowest BCUT2D eigenvalue weighted by molar-refractivity contribution is 0.0362. The van der Waals surface area contributed by atoms with Gasteiger partial charge in [0.1, 0.15) is 5.82 Å². The second kappa shape index (κ2) is 7.58. The lowest BCUT2D eigenvalue weighted by atomic mass is 10.00. The number of rotatable bonds is 5. The third-order valence-electron chi connectivity index (χ3n) is 5.12. The number of benzene rings is 1. The van der Waals surface area contributed by atoms with Gasteiger partial charge in [0, 0.05) is 44.4 Å². The van der Waals surface area contributed by atoms with Crippen LogP contribution in [0.25, 0.3) is 0 Å². The number of ether oxygens (including phenoxy) is 3. The fourth-order valence-corrected chi connectivity index (χ4v) is 3.53. The Morgan fingerprint density at radius 1 is 1.15 bits per heavy atom. The Bertz CT molecular complexity index is 890. The van der Waals surface area contributed by atoms with Gasteiger partial charge < -0.3 is 19.5 Å². The van der Waals surface area contributed by atoms with E-state index in [9.17, 15) is 4.79 Å². The molecule has 1 aromatic heterocycles. The molecule has 2 aliphatic rings. The Morgan fingerprint density at radius 2 is 1.89 bits per heavy atom. The van der Waals surface area contributed by atoms with E-state index in [1.807, 2.05) is 12.1 Å². The molecule has 1 fully saturated rings. The Balaban J connectivity index is 1.57. The molecular formula is C19H24N4O4. The minimum Gasteiger partial charge on any atom is -0.493 e. The zero-order valence-electron chi connectivity index (χ0n) is 15.7. The van der Waals surface area contributed by atoms with Gasteiger partial charge in [-0.1, -0.05) is 0 Å². The summed E-state index contributed by atoms with van der Waals surface area (Å²) in [5.74, 6) is 1.91. The van der Waals surface area contributed by atoms with Crippen molar-refractivity contribution in [2.75, 3.05) is 52.4 Å². The summed E-state index contributed by atoms with van der Waals surface area (Å²) in [5, 5.41) is 3.25. The molecule has 0 spiro atoms. The summed E-state index contributed by atoms with van der Waals surface area (Å²) in [4.78, 5) is 19.7. The van der Waals surface area contributed by atoms with Crippen LogP contribution in [0.1, 0.15) is 11.1 Å². The lowest BCUT2D eigenvalue weighted by Crippen LogP contribution is -2.39. The summed E-state index contributed by atoms with van der Waals surface area (Å²) in [7, 11) is 3.21. The average Bonchev–Trinajstić information content (AvgIpc) is 2.72. The van der Waals surface area contributed by atoms with Gasteiger partial charge in [0.15, 0.2) is 11.5 Å². The Labute approximate surface area is 157 Å². The molecule has 0 unspecified atom stereocenters. The van der Waals surface area contributed by atoms with Crippen LogP contribution in [-0.4, -0.2) is 61.5 Å². The van der Waals surface area contributed by atoms with Gasteiger partial charge in [-0.3, -0.25) is 14.3 Å². The van der Waals surface area contributed by atoms with E-state index >= 15 is 0 Å². The quantitative estimate of drug-likeness (QED) is 0.722. The second-order valence-corrected chi connectivity index (χ2v) is 6.69. The van der Waals surface area contributed by atoms with E-state index in [4.69, 9.17) is 14.2 Å². The maximum atomic E-state index is 13.0. The van der Waals surface area contributed by atoms with Crippen molar-refractivity contribution in [1.82, 2.24) is 14.5 Å². The number of hydrogen-bond acceptors (Lipinski definition) is 7. The van der Waals surface area contributed by atoms with Crippen molar-refractivity contribution in [2.24, 2.45) is 0 Å². The maximum Gasteiger partial charge on any atom is 0.259 e. The summed E-state index contributed by atoms with van der Waals surface area (Å²) in [6.45, 7) is 4.76. The molecule has 4 rings (SSSR count). The van der Waals surface area contributed by atoms with E-state index in [1.165, 1.54) is 0 Å². The second-order valence-electron chi connectivity index (χ2n) is 6.69. The summed E-state index contributed by atoms with van der Waals surface area (Å²) >= 11 is 0. The summed E-state index contributed by atoms with van der Waals surface area (Å²) in [6.07, 6.45) is 2.14. The predicted octanol–water partition coefficient (Wildman–Crippen LogP) is 1.24. The van der Waals surface area contributed by atoms with Gasteiger partial charge in [0.25, 0.3) is 5.56 Å². The van der Waals surface area contributed by atoms with Gasteiger partial charge in [0.05, 0.1) is 39.3 Å². The molecule has 2 aliphatic heterocycles. The van der Waals surface area contributed by atoms with Crippen LogP contribution in [0, 0.1) is 0 Å². The van der Waals surface area contributed by atoms with E-state index in [1.54, 1.807) is 25.1 Å². The highest BCUT2D eigenvalue weighted by atomic mass is 16.5. The molecule has 0 saturated carbocycles. The molecule has 0 bridgehead atoms. The number of nitrogens with one attached hydrogen (secondary N) is 1. The van der Waals surface area contributed by atoms with Crippen molar-refractivity contribution in [3.63, 3.8) is 0 Å². The van der Waals surface area contributed by atoms with Crippen molar-refractivity contribution in [1.29, 1.82) is 0 Å². The molecule has 144 valence electrons. The number of methoxy groups -OCH3 is 2. The summed E-state index contributed by atoms with van der Waals surface area (Å²) < 4.78 is 17.8. The smallest absolute Gasteiger partial charge is 0.259 e. The molecule has 8 heteroatoms. The lowest BCUT2D eigenvalue weighted by Gasteiger charge is -2.27. The number of morpholine rings is 1. The third kappa shape index (κ3) is 3.50.